The lowest BCUT2D eigenvalue weighted by atomic mass is 10.0. The third-order valence-corrected chi connectivity index (χ3v) is 3.64. The Labute approximate surface area is 133 Å². The second kappa shape index (κ2) is 6.44. The SMILES string of the molecule is Cn1ccnc1[C@H](NC(=O)c1ccccc1)c1ccccc1F. The van der Waals surface area contributed by atoms with Gasteiger partial charge in [0, 0.05) is 30.6 Å². The maximum Gasteiger partial charge on any atom is 0.252 e. The molecule has 116 valence electrons. The molecule has 0 spiro atoms. The van der Waals surface area contributed by atoms with Gasteiger partial charge in [0.05, 0.1) is 0 Å². The number of aryl methyl sites for hydroxylation is 1. The Morgan fingerprint density at radius 1 is 1.13 bits per heavy atom. The van der Waals surface area contributed by atoms with Crippen LogP contribution in [-0.2, 0) is 7.05 Å². The number of aromatic nitrogens is 2. The third kappa shape index (κ3) is 3.13. The van der Waals surface area contributed by atoms with Crippen LogP contribution in [0.3, 0.4) is 0 Å². The lowest BCUT2D eigenvalue weighted by Gasteiger charge is -2.19. The summed E-state index contributed by atoms with van der Waals surface area (Å²) in [4.78, 5) is 16.7. The van der Waals surface area contributed by atoms with Crippen LogP contribution in [0, 0.1) is 5.82 Å². The summed E-state index contributed by atoms with van der Waals surface area (Å²) in [5.74, 6) is -0.0879. The molecule has 1 N–H and O–H groups in total. The van der Waals surface area contributed by atoms with Crippen molar-refractivity contribution in [2.75, 3.05) is 0 Å². The van der Waals surface area contributed by atoms with Gasteiger partial charge in [0.1, 0.15) is 17.7 Å². The zero-order valence-corrected chi connectivity index (χ0v) is 12.6. The Hall–Kier alpha value is -2.95. The number of hydrogen-bond donors (Lipinski definition) is 1. The molecule has 2 aromatic carbocycles. The lowest BCUT2D eigenvalue weighted by Crippen LogP contribution is -2.31. The number of benzene rings is 2. The number of carbonyl (C=O) groups is 1. The molecule has 4 nitrogen and oxygen atoms in total. The molecule has 0 saturated heterocycles. The van der Waals surface area contributed by atoms with Crippen LogP contribution in [0.4, 0.5) is 4.39 Å². The first-order valence-corrected chi connectivity index (χ1v) is 7.24. The van der Waals surface area contributed by atoms with Crippen LogP contribution in [-0.4, -0.2) is 15.5 Å². The van der Waals surface area contributed by atoms with E-state index in [2.05, 4.69) is 10.3 Å². The summed E-state index contributed by atoms with van der Waals surface area (Å²) >= 11 is 0. The summed E-state index contributed by atoms with van der Waals surface area (Å²) in [5.41, 5.74) is 0.897. The first kappa shape index (κ1) is 15.0. The molecule has 1 atom stereocenters. The van der Waals surface area contributed by atoms with Crippen molar-refractivity contribution in [2.24, 2.45) is 7.05 Å². The summed E-state index contributed by atoms with van der Waals surface area (Å²) in [6.07, 6.45) is 3.38. The van der Waals surface area contributed by atoms with Gasteiger partial charge in [-0.2, -0.15) is 0 Å². The monoisotopic (exact) mass is 309 g/mol. The average molecular weight is 309 g/mol. The van der Waals surface area contributed by atoms with Crippen molar-refractivity contribution in [3.05, 3.63) is 89.8 Å². The number of rotatable bonds is 4. The van der Waals surface area contributed by atoms with Gasteiger partial charge in [-0.3, -0.25) is 4.79 Å². The van der Waals surface area contributed by atoms with Crippen molar-refractivity contribution in [3.8, 4) is 0 Å². The van der Waals surface area contributed by atoms with E-state index < -0.39 is 6.04 Å². The first-order valence-electron chi connectivity index (χ1n) is 7.24. The Morgan fingerprint density at radius 2 is 1.83 bits per heavy atom. The molecule has 0 aliphatic carbocycles. The fourth-order valence-corrected chi connectivity index (χ4v) is 2.45. The van der Waals surface area contributed by atoms with Crippen molar-refractivity contribution >= 4 is 5.91 Å². The molecule has 3 aromatic rings. The van der Waals surface area contributed by atoms with Crippen molar-refractivity contribution in [1.82, 2.24) is 14.9 Å². The van der Waals surface area contributed by atoms with E-state index in [0.29, 0.717) is 17.0 Å². The largest absolute Gasteiger partial charge is 0.338 e. The van der Waals surface area contributed by atoms with Crippen LogP contribution >= 0.6 is 0 Å². The van der Waals surface area contributed by atoms with Crippen LogP contribution in [0.1, 0.15) is 27.8 Å². The number of nitrogens with zero attached hydrogens (tertiary/aromatic N) is 2. The standard InChI is InChI=1S/C18H16FN3O/c1-22-12-11-20-17(22)16(14-9-5-6-10-15(14)19)21-18(23)13-7-3-2-4-8-13/h2-12,16H,1H3,(H,21,23)/t16-/m1/s1. The summed E-state index contributed by atoms with van der Waals surface area (Å²) in [5, 5.41) is 2.87. The van der Waals surface area contributed by atoms with E-state index in [0.717, 1.165) is 0 Å². The molecule has 0 aliphatic rings. The Balaban J connectivity index is 1.98. The Morgan fingerprint density at radius 3 is 2.48 bits per heavy atom. The average Bonchev–Trinajstić information content (AvgIpc) is 3.00. The molecular weight excluding hydrogens is 293 g/mol. The highest BCUT2D eigenvalue weighted by Gasteiger charge is 2.23. The number of amides is 1. The number of halogens is 1. The van der Waals surface area contributed by atoms with Crippen LogP contribution in [0.5, 0.6) is 0 Å². The summed E-state index contributed by atoms with van der Waals surface area (Å²) in [6.45, 7) is 0. The van der Waals surface area contributed by atoms with E-state index in [-0.39, 0.29) is 11.7 Å². The molecule has 0 saturated carbocycles. The van der Waals surface area contributed by atoms with Gasteiger partial charge in [-0.1, -0.05) is 36.4 Å². The maximum absolute atomic E-state index is 14.2. The molecule has 0 aliphatic heterocycles. The minimum absolute atomic E-state index is 0.276. The van der Waals surface area contributed by atoms with Gasteiger partial charge >= 0.3 is 0 Å². The van der Waals surface area contributed by atoms with Gasteiger partial charge in [0.25, 0.3) is 5.91 Å². The molecule has 3 rings (SSSR count). The van der Waals surface area contributed by atoms with Gasteiger partial charge < -0.3 is 9.88 Å². The highest BCUT2D eigenvalue weighted by molar-refractivity contribution is 5.94. The van der Waals surface area contributed by atoms with Crippen LogP contribution < -0.4 is 5.32 Å². The summed E-state index contributed by atoms with van der Waals surface area (Å²) in [7, 11) is 1.81. The number of carbonyl (C=O) groups excluding carboxylic acids is 1. The van der Waals surface area contributed by atoms with Crippen LogP contribution in [0.2, 0.25) is 0 Å². The van der Waals surface area contributed by atoms with Gasteiger partial charge in [-0.25, -0.2) is 9.37 Å². The maximum atomic E-state index is 14.2. The predicted octanol–water partition coefficient (Wildman–Crippen LogP) is 3.08. The van der Waals surface area contributed by atoms with Crippen molar-refractivity contribution in [1.29, 1.82) is 0 Å². The zero-order valence-electron chi connectivity index (χ0n) is 12.6. The van der Waals surface area contributed by atoms with Gasteiger partial charge in [-0.15, -0.1) is 0 Å². The van der Waals surface area contributed by atoms with E-state index >= 15 is 0 Å². The third-order valence-electron chi connectivity index (χ3n) is 3.64. The molecule has 5 heteroatoms. The van der Waals surface area contributed by atoms with E-state index in [9.17, 15) is 9.18 Å². The Kier molecular flexibility index (Phi) is 4.19. The fourth-order valence-electron chi connectivity index (χ4n) is 2.45. The second-order valence-corrected chi connectivity index (χ2v) is 5.19. The van der Waals surface area contributed by atoms with Gasteiger partial charge in [0.2, 0.25) is 0 Å². The summed E-state index contributed by atoms with van der Waals surface area (Å²) in [6, 6.07) is 14.6. The second-order valence-electron chi connectivity index (χ2n) is 5.19. The molecule has 1 heterocycles. The molecule has 23 heavy (non-hydrogen) atoms. The first-order chi connectivity index (χ1) is 11.2. The van der Waals surface area contributed by atoms with Crippen molar-refractivity contribution in [2.45, 2.75) is 6.04 Å². The normalized spacial score (nSPS) is 11.9. The highest BCUT2D eigenvalue weighted by atomic mass is 19.1. The van der Waals surface area contributed by atoms with E-state index in [1.807, 2.05) is 13.1 Å². The quantitative estimate of drug-likeness (QED) is 0.805. The smallest absolute Gasteiger partial charge is 0.252 e. The van der Waals surface area contributed by atoms with Crippen LogP contribution in [0.15, 0.2) is 67.0 Å². The number of nitrogens with one attached hydrogen (secondary N) is 1. The molecule has 1 amide bonds. The lowest BCUT2D eigenvalue weighted by molar-refractivity contribution is 0.0940. The fraction of sp³-hybridized carbons (Fsp3) is 0.111. The van der Waals surface area contributed by atoms with Crippen molar-refractivity contribution < 1.29 is 9.18 Å². The molecule has 1 aromatic heterocycles. The van der Waals surface area contributed by atoms with E-state index in [1.165, 1.54) is 6.07 Å². The van der Waals surface area contributed by atoms with E-state index in [1.54, 1.807) is 59.4 Å². The van der Waals surface area contributed by atoms with E-state index in [4.69, 9.17) is 0 Å². The molecule has 0 bridgehead atoms. The molecule has 0 radical (unpaired) electrons. The van der Waals surface area contributed by atoms with Crippen molar-refractivity contribution in [3.63, 3.8) is 0 Å². The van der Waals surface area contributed by atoms with Gasteiger partial charge in [0.15, 0.2) is 0 Å². The highest BCUT2D eigenvalue weighted by Crippen LogP contribution is 2.23. The Bertz CT molecular complexity index is 814. The number of imidazole rings is 1. The van der Waals surface area contributed by atoms with Crippen LogP contribution in [0.25, 0.3) is 0 Å². The topological polar surface area (TPSA) is 46.9 Å². The minimum Gasteiger partial charge on any atom is -0.338 e. The summed E-state index contributed by atoms with van der Waals surface area (Å²) < 4.78 is 16.0. The number of hydrogen-bond acceptors (Lipinski definition) is 2. The zero-order chi connectivity index (χ0) is 16.2. The molecular formula is C18H16FN3O. The van der Waals surface area contributed by atoms with Gasteiger partial charge in [-0.05, 0) is 18.2 Å². The molecule has 0 fully saturated rings. The minimum atomic E-state index is -0.663. The molecule has 0 unspecified atom stereocenters. The predicted molar refractivity (Wildman–Crippen MR) is 85.4 cm³/mol.